The van der Waals surface area contributed by atoms with E-state index in [1.165, 1.54) is 0 Å². The van der Waals surface area contributed by atoms with Gasteiger partial charge in [0.25, 0.3) is 5.53 Å². The third kappa shape index (κ3) is 5.26. The Morgan fingerprint density at radius 2 is 1.74 bits per heavy atom. The van der Waals surface area contributed by atoms with Crippen molar-refractivity contribution in [3.8, 4) is 0 Å². The van der Waals surface area contributed by atoms with Crippen LogP contribution in [-0.4, -0.2) is 42.2 Å². The monoisotopic (exact) mass is 314 g/mol. The number of hydrogen-bond donors (Lipinski definition) is 3. The summed E-state index contributed by atoms with van der Waals surface area (Å²) in [6.45, 7) is 10.3. The van der Waals surface area contributed by atoms with E-state index in [4.69, 9.17) is 9.16 Å². The Morgan fingerprint density at radius 3 is 2.00 bits per heavy atom. The van der Waals surface area contributed by atoms with Crippen molar-refractivity contribution in [3.63, 3.8) is 0 Å². The Hall–Kier alpha value is 0.247. The number of rotatable bonds is 7. The van der Waals surface area contributed by atoms with Crippen LogP contribution in [0.3, 0.4) is 0 Å². The fourth-order valence-electron chi connectivity index (χ4n) is 1.70. The molecule has 3 N–H and O–H groups in total. The molecule has 2 unspecified atom stereocenters. The van der Waals surface area contributed by atoms with Crippen LogP contribution in [0.5, 0.6) is 0 Å². The molecule has 0 rings (SSSR count). The molecule has 0 aromatic rings. The van der Waals surface area contributed by atoms with E-state index < -0.39 is 33.7 Å². The van der Waals surface area contributed by atoms with Crippen molar-refractivity contribution in [3.05, 3.63) is 0 Å². The molecular formula is C11H27O6PSi. The minimum atomic E-state index is -4.63. The topological polar surface area (TPSA) is 96.2 Å². The van der Waals surface area contributed by atoms with Gasteiger partial charge in [0.05, 0.1) is 12.7 Å². The average Bonchev–Trinajstić information content (AvgIpc) is 2.10. The van der Waals surface area contributed by atoms with Crippen LogP contribution in [0.1, 0.15) is 34.1 Å². The van der Waals surface area contributed by atoms with Gasteiger partial charge in [0, 0.05) is 5.41 Å². The SMILES string of the molecule is CC(O)CCOC(O[SiH](C)C)(C(C)(C)C)P(=O)(O)O. The van der Waals surface area contributed by atoms with Gasteiger partial charge in [-0.1, -0.05) is 20.8 Å². The molecule has 0 aliphatic rings. The lowest BCUT2D eigenvalue weighted by molar-refractivity contribution is -0.197. The van der Waals surface area contributed by atoms with E-state index in [0.29, 0.717) is 6.42 Å². The first-order valence-corrected chi connectivity index (χ1v) is 10.8. The van der Waals surface area contributed by atoms with Gasteiger partial charge in [-0.15, -0.1) is 0 Å². The molecule has 0 radical (unpaired) electrons. The highest BCUT2D eigenvalue weighted by atomic mass is 31.2. The van der Waals surface area contributed by atoms with Crippen LogP contribution in [0.25, 0.3) is 0 Å². The number of aliphatic hydroxyl groups is 1. The fraction of sp³-hybridized carbons (Fsp3) is 1.00. The molecule has 0 saturated carbocycles. The summed E-state index contributed by atoms with van der Waals surface area (Å²) in [6, 6.07) is 0. The van der Waals surface area contributed by atoms with Crippen LogP contribution in [0.2, 0.25) is 13.1 Å². The zero-order valence-corrected chi connectivity index (χ0v) is 14.6. The maximum atomic E-state index is 11.9. The van der Waals surface area contributed by atoms with E-state index >= 15 is 0 Å². The molecule has 0 aliphatic carbocycles. The van der Waals surface area contributed by atoms with E-state index in [1.807, 2.05) is 13.1 Å². The van der Waals surface area contributed by atoms with Gasteiger partial charge in [0.2, 0.25) is 0 Å². The number of ether oxygens (including phenoxy) is 1. The Balaban J connectivity index is 5.34. The first-order chi connectivity index (χ1) is 8.33. The molecule has 8 heteroatoms. The second-order valence-electron chi connectivity index (χ2n) is 6.03. The molecule has 0 aliphatic heterocycles. The van der Waals surface area contributed by atoms with Crippen molar-refractivity contribution >= 4 is 16.6 Å². The lowest BCUT2D eigenvalue weighted by Crippen LogP contribution is -2.50. The van der Waals surface area contributed by atoms with Crippen LogP contribution in [0.15, 0.2) is 0 Å². The van der Waals surface area contributed by atoms with Gasteiger partial charge in [-0.05, 0) is 26.4 Å². The van der Waals surface area contributed by atoms with Crippen molar-refractivity contribution in [2.24, 2.45) is 5.41 Å². The first kappa shape index (κ1) is 19.2. The molecule has 0 amide bonds. The van der Waals surface area contributed by atoms with Gasteiger partial charge in [0.1, 0.15) is 0 Å². The molecule has 0 fully saturated rings. The van der Waals surface area contributed by atoms with Crippen LogP contribution in [0, 0.1) is 5.41 Å². The highest BCUT2D eigenvalue weighted by molar-refractivity contribution is 7.53. The van der Waals surface area contributed by atoms with Crippen molar-refractivity contribution < 1.29 is 28.6 Å². The Labute approximate surface area is 117 Å². The summed E-state index contributed by atoms with van der Waals surface area (Å²) in [5.41, 5.74) is -2.84. The predicted octanol–water partition coefficient (Wildman–Crippen LogP) is 1.65. The highest BCUT2D eigenvalue weighted by Crippen LogP contribution is 2.60. The summed E-state index contributed by atoms with van der Waals surface area (Å²) in [6.07, 6.45) is -0.299. The van der Waals surface area contributed by atoms with Crippen LogP contribution < -0.4 is 0 Å². The lowest BCUT2D eigenvalue weighted by Gasteiger charge is -2.45. The second-order valence-corrected chi connectivity index (χ2v) is 10.0. The maximum Gasteiger partial charge on any atom is 0.384 e. The molecule has 19 heavy (non-hydrogen) atoms. The van der Waals surface area contributed by atoms with Crippen LogP contribution in [0.4, 0.5) is 0 Å². The van der Waals surface area contributed by atoms with Crippen LogP contribution in [-0.2, 0) is 13.7 Å². The zero-order valence-electron chi connectivity index (χ0n) is 12.6. The molecule has 6 nitrogen and oxygen atoms in total. The van der Waals surface area contributed by atoms with Gasteiger partial charge < -0.3 is 24.1 Å². The molecule has 0 spiro atoms. The summed E-state index contributed by atoms with van der Waals surface area (Å²) in [7, 11) is -6.38. The van der Waals surface area contributed by atoms with Gasteiger partial charge >= 0.3 is 7.60 Å². The van der Waals surface area contributed by atoms with E-state index in [1.54, 1.807) is 27.7 Å². The quantitative estimate of drug-likeness (QED) is 0.376. The minimum Gasteiger partial charge on any atom is -0.393 e. The Morgan fingerprint density at radius 1 is 1.26 bits per heavy atom. The summed E-state index contributed by atoms with van der Waals surface area (Å²) in [5, 5.41) is 9.23. The summed E-state index contributed by atoms with van der Waals surface area (Å²) >= 11 is 0. The standard InChI is InChI=1S/C11H27O6PSi/c1-9(12)7-8-16-11(10(2,3)4,17-19(5)6)18(13,14)15/h9,12,19H,7-8H2,1-6H3,(H2,13,14,15). The van der Waals surface area contributed by atoms with Gasteiger partial charge in [-0.3, -0.25) is 4.57 Å². The molecule has 116 valence electrons. The zero-order chi connectivity index (χ0) is 15.5. The van der Waals surface area contributed by atoms with Crippen molar-refractivity contribution in [2.45, 2.75) is 58.8 Å². The van der Waals surface area contributed by atoms with Crippen molar-refractivity contribution in [1.82, 2.24) is 0 Å². The van der Waals surface area contributed by atoms with Gasteiger partial charge in [-0.25, -0.2) is 0 Å². The predicted molar refractivity (Wildman–Crippen MR) is 76.4 cm³/mol. The van der Waals surface area contributed by atoms with E-state index in [-0.39, 0.29) is 6.61 Å². The van der Waals surface area contributed by atoms with E-state index in [0.717, 1.165) is 0 Å². The van der Waals surface area contributed by atoms with E-state index in [9.17, 15) is 19.5 Å². The molecule has 2 atom stereocenters. The molecule has 0 bridgehead atoms. The number of aliphatic hydroxyl groups excluding tert-OH is 1. The lowest BCUT2D eigenvalue weighted by atomic mass is 9.95. The summed E-state index contributed by atoms with van der Waals surface area (Å²) < 4.78 is 23.0. The normalized spacial score (nSPS) is 18.4. The molecular weight excluding hydrogens is 287 g/mol. The third-order valence-electron chi connectivity index (χ3n) is 2.56. The molecule has 0 saturated heterocycles. The second kappa shape index (κ2) is 6.80. The van der Waals surface area contributed by atoms with Crippen molar-refractivity contribution in [1.29, 1.82) is 0 Å². The highest BCUT2D eigenvalue weighted by Gasteiger charge is 2.58. The Bertz CT molecular complexity index is 322. The summed E-state index contributed by atoms with van der Waals surface area (Å²) in [5.74, 6) is 0. The molecule has 0 aromatic carbocycles. The first-order valence-electron chi connectivity index (χ1n) is 6.39. The van der Waals surface area contributed by atoms with E-state index in [2.05, 4.69) is 0 Å². The van der Waals surface area contributed by atoms with Gasteiger partial charge in [-0.2, -0.15) is 0 Å². The van der Waals surface area contributed by atoms with Crippen molar-refractivity contribution in [2.75, 3.05) is 6.61 Å². The third-order valence-corrected chi connectivity index (χ3v) is 5.23. The number of hydrogen-bond acceptors (Lipinski definition) is 4. The fourth-order valence-corrected chi connectivity index (χ4v) is 5.08. The Kier molecular flexibility index (Phi) is 6.89. The van der Waals surface area contributed by atoms with Crippen LogP contribution >= 0.6 is 7.60 Å². The summed E-state index contributed by atoms with van der Waals surface area (Å²) in [4.78, 5) is 19.4. The average molecular weight is 314 g/mol. The largest absolute Gasteiger partial charge is 0.393 e. The smallest absolute Gasteiger partial charge is 0.384 e. The molecule has 0 aromatic heterocycles. The molecule has 0 heterocycles. The van der Waals surface area contributed by atoms with Gasteiger partial charge in [0.15, 0.2) is 9.04 Å². The maximum absolute atomic E-state index is 11.9. The minimum absolute atomic E-state index is 0.0289.